The van der Waals surface area contributed by atoms with Crippen molar-refractivity contribution in [2.24, 2.45) is 14.1 Å². The first kappa shape index (κ1) is 16.5. The maximum absolute atomic E-state index is 12.8. The number of hydrogen-bond donors (Lipinski definition) is 0. The van der Waals surface area contributed by atoms with E-state index in [1.165, 1.54) is 11.6 Å². The Labute approximate surface area is 156 Å². The summed E-state index contributed by atoms with van der Waals surface area (Å²) in [4.78, 5) is 33.7. The van der Waals surface area contributed by atoms with E-state index in [9.17, 15) is 9.59 Å². The average Bonchev–Trinajstić information content (AvgIpc) is 3.26. The standard InChI is InChI=1S/C17H15BrN6O2/c1-21-14-13(15(25)22(2)17(21)26)24(9-11-4-3-5-12(18)8-11)16(20-14)23-7-6-19-10-23/h3-8,10H,9H2,1-2H3. The Hall–Kier alpha value is -2.94. The second-order valence-electron chi connectivity index (χ2n) is 5.98. The third-order valence-corrected chi connectivity index (χ3v) is 4.79. The van der Waals surface area contributed by atoms with Crippen molar-refractivity contribution in [1.82, 2.24) is 28.2 Å². The Balaban J connectivity index is 2.07. The molecule has 1 aromatic carbocycles. The summed E-state index contributed by atoms with van der Waals surface area (Å²) in [6.45, 7) is 0.427. The molecule has 0 saturated heterocycles. The summed E-state index contributed by atoms with van der Waals surface area (Å²) < 4.78 is 6.96. The lowest BCUT2D eigenvalue weighted by atomic mass is 10.2. The summed E-state index contributed by atoms with van der Waals surface area (Å²) >= 11 is 3.47. The van der Waals surface area contributed by atoms with Gasteiger partial charge in [0.25, 0.3) is 5.56 Å². The van der Waals surface area contributed by atoms with Crippen LogP contribution >= 0.6 is 15.9 Å². The molecule has 0 aliphatic carbocycles. The maximum Gasteiger partial charge on any atom is 0.332 e. The number of benzene rings is 1. The lowest BCUT2D eigenvalue weighted by Gasteiger charge is -2.10. The molecule has 0 atom stereocenters. The summed E-state index contributed by atoms with van der Waals surface area (Å²) in [6, 6.07) is 7.83. The van der Waals surface area contributed by atoms with Crippen molar-refractivity contribution < 1.29 is 0 Å². The van der Waals surface area contributed by atoms with Gasteiger partial charge in [-0.15, -0.1) is 0 Å². The number of hydrogen-bond acceptors (Lipinski definition) is 4. The summed E-state index contributed by atoms with van der Waals surface area (Å²) in [5.41, 5.74) is 0.926. The molecule has 26 heavy (non-hydrogen) atoms. The van der Waals surface area contributed by atoms with Gasteiger partial charge in [0.2, 0.25) is 5.95 Å². The molecule has 0 unspecified atom stereocenters. The quantitative estimate of drug-likeness (QED) is 0.507. The summed E-state index contributed by atoms with van der Waals surface area (Å²) in [5, 5.41) is 0. The van der Waals surface area contributed by atoms with E-state index in [0.717, 1.165) is 14.6 Å². The van der Waals surface area contributed by atoms with Crippen LogP contribution in [0.1, 0.15) is 5.56 Å². The van der Waals surface area contributed by atoms with Gasteiger partial charge in [-0.05, 0) is 17.7 Å². The monoisotopic (exact) mass is 414 g/mol. The predicted molar refractivity (Wildman–Crippen MR) is 101 cm³/mol. The van der Waals surface area contributed by atoms with Gasteiger partial charge in [-0.25, -0.2) is 9.78 Å². The molecule has 0 aliphatic heterocycles. The van der Waals surface area contributed by atoms with Crippen LogP contribution in [0.4, 0.5) is 0 Å². The molecular formula is C17H15BrN6O2. The number of aryl methyl sites for hydroxylation is 1. The van der Waals surface area contributed by atoms with Crippen molar-refractivity contribution in [2.45, 2.75) is 6.54 Å². The molecule has 8 nitrogen and oxygen atoms in total. The molecule has 3 aromatic heterocycles. The fraction of sp³-hybridized carbons (Fsp3) is 0.176. The van der Waals surface area contributed by atoms with E-state index >= 15 is 0 Å². The fourth-order valence-electron chi connectivity index (χ4n) is 2.98. The van der Waals surface area contributed by atoms with E-state index in [1.54, 1.807) is 34.9 Å². The largest absolute Gasteiger partial charge is 0.332 e. The van der Waals surface area contributed by atoms with Crippen molar-refractivity contribution in [2.75, 3.05) is 0 Å². The van der Waals surface area contributed by atoms with Gasteiger partial charge < -0.3 is 0 Å². The predicted octanol–water partition coefficient (Wildman–Crippen LogP) is 1.43. The van der Waals surface area contributed by atoms with Crippen LogP contribution in [0.15, 0.2) is 57.0 Å². The number of halogens is 1. The average molecular weight is 415 g/mol. The molecule has 0 saturated carbocycles. The van der Waals surface area contributed by atoms with E-state index in [0.29, 0.717) is 23.7 Å². The third kappa shape index (κ3) is 2.51. The van der Waals surface area contributed by atoms with E-state index in [2.05, 4.69) is 25.9 Å². The van der Waals surface area contributed by atoms with Crippen LogP contribution in [0.3, 0.4) is 0 Å². The van der Waals surface area contributed by atoms with Crippen molar-refractivity contribution in [3.05, 3.63) is 73.9 Å². The first-order chi connectivity index (χ1) is 12.5. The molecule has 0 fully saturated rings. The Bertz CT molecular complexity index is 1230. The van der Waals surface area contributed by atoms with Crippen molar-refractivity contribution >= 4 is 27.1 Å². The third-order valence-electron chi connectivity index (χ3n) is 4.29. The minimum atomic E-state index is -0.410. The molecule has 0 amide bonds. The molecule has 4 rings (SSSR count). The Morgan fingerprint density at radius 1 is 1.15 bits per heavy atom. The first-order valence-corrected chi connectivity index (χ1v) is 8.65. The highest BCUT2D eigenvalue weighted by Crippen LogP contribution is 2.19. The van der Waals surface area contributed by atoms with Gasteiger partial charge in [0.05, 0.1) is 6.54 Å². The highest BCUT2D eigenvalue weighted by atomic mass is 79.9. The number of rotatable bonds is 3. The van der Waals surface area contributed by atoms with Gasteiger partial charge in [-0.1, -0.05) is 28.1 Å². The van der Waals surface area contributed by atoms with Gasteiger partial charge in [0.15, 0.2) is 11.2 Å². The molecule has 4 aromatic rings. The molecule has 0 bridgehead atoms. The summed E-state index contributed by atoms with van der Waals surface area (Å²) in [7, 11) is 3.08. The Morgan fingerprint density at radius 2 is 1.96 bits per heavy atom. The Kier molecular flexibility index (Phi) is 3.87. The summed E-state index contributed by atoms with van der Waals surface area (Å²) in [6.07, 6.45) is 5.00. The normalized spacial score (nSPS) is 11.3. The number of fused-ring (bicyclic) bond motifs is 1. The van der Waals surface area contributed by atoms with Gasteiger partial charge in [-0.2, -0.15) is 4.98 Å². The van der Waals surface area contributed by atoms with Crippen molar-refractivity contribution in [3.63, 3.8) is 0 Å². The number of imidazole rings is 2. The van der Waals surface area contributed by atoms with Crippen LogP contribution in [0.25, 0.3) is 17.1 Å². The van der Waals surface area contributed by atoms with Crippen LogP contribution in [0.2, 0.25) is 0 Å². The van der Waals surface area contributed by atoms with Crippen LogP contribution in [-0.2, 0) is 20.6 Å². The molecule has 3 heterocycles. The lowest BCUT2D eigenvalue weighted by Crippen LogP contribution is -2.37. The maximum atomic E-state index is 12.8. The molecule has 0 spiro atoms. The van der Waals surface area contributed by atoms with Gasteiger partial charge in [0, 0.05) is 31.0 Å². The molecule has 9 heteroatoms. The van der Waals surface area contributed by atoms with Gasteiger partial charge >= 0.3 is 5.69 Å². The minimum Gasteiger partial charge on any atom is -0.299 e. The second kappa shape index (κ2) is 6.10. The topological polar surface area (TPSA) is 79.6 Å². The van der Waals surface area contributed by atoms with Crippen LogP contribution < -0.4 is 11.2 Å². The number of nitrogens with zero attached hydrogens (tertiary/aromatic N) is 6. The van der Waals surface area contributed by atoms with Crippen LogP contribution in [0.5, 0.6) is 0 Å². The molecular weight excluding hydrogens is 400 g/mol. The van der Waals surface area contributed by atoms with E-state index in [1.807, 2.05) is 24.3 Å². The first-order valence-electron chi connectivity index (χ1n) is 7.86. The summed E-state index contributed by atoms with van der Waals surface area (Å²) in [5.74, 6) is 0.524. The number of aromatic nitrogens is 6. The fourth-order valence-corrected chi connectivity index (χ4v) is 3.42. The van der Waals surface area contributed by atoms with E-state index in [4.69, 9.17) is 0 Å². The molecule has 0 radical (unpaired) electrons. The van der Waals surface area contributed by atoms with E-state index < -0.39 is 5.69 Å². The molecule has 0 N–H and O–H groups in total. The zero-order valence-corrected chi connectivity index (χ0v) is 15.7. The van der Waals surface area contributed by atoms with Crippen LogP contribution in [-0.4, -0.2) is 28.2 Å². The van der Waals surface area contributed by atoms with Gasteiger partial charge in [-0.3, -0.25) is 23.1 Å². The highest BCUT2D eigenvalue weighted by molar-refractivity contribution is 9.10. The zero-order chi connectivity index (χ0) is 18.4. The lowest BCUT2D eigenvalue weighted by molar-refractivity contribution is 0.701. The SMILES string of the molecule is Cn1c(=O)c2c(nc(-n3ccnc3)n2Cc2cccc(Br)c2)n(C)c1=O. The second-order valence-corrected chi connectivity index (χ2v) is 6.89. The van der Waals surface area contributed by atoms with Crippen molar-refractivity contribution in [1.29, 1.82) is 0 Å². The molecule has 0 aliphatic rings. The van der Waals surface area contributed by atoms with Crippen LogP contribution in [0, 0.1) is 0 Å². The Morgan fingerprint density at radius 3 is 2.65 bits per heavy atom. The van der Waals surface area contributed by atoms with Crippen molar-refractivity contribution in [3.8, 4) is 5.95 Å². The van der Waals surface area contributed by atoms with Gasteiger partial charge in [0.1, 0.15) is 6.33 Å². The highest BCUT2D eigenvalue weighted by Gasteiger charge is 2.20. The molecule has 132 valence electrons. The smallest absolute Gasteiger partial charge is 0.299 e. The zero-order valence-electron chi connectivity index (χ0n) is 14.1. The van der Waals surface area contributed by atoms with E-state index in [-0.39, 0.29) is 5.56 Å². The minimum absolute atomic E-state index is 0.344.